The van der Waals surface area contributed by atoms with E-state index in [1.54, 1.807) is 55.4 Å². The molecule has 15 nitrogen and oxygen atoms in total. The maximum atomic E-state index is 11.1. The average Bonchev–Trinajstić information content (AvgIpc) is 2.82. The molecule has 0 atom stereocenters. The van der Waals surface area contributed by atoms with Crippen LogP contribution in [0.2, 0.25) is 0 Å². The van der Waals surface area contributed by atoms with E-state index in [0.717, 1.165) is 0 Å². The highest BCUT2D eigenvalue weighted by molar-refractivity contribution is 5.85. The van der Waals surface area contributed by atoms with Crippen LogP contribution in [0.15, 0.2) is 0 Å². The van der Waals surface area contributed by atoms with Gasteiger partial charge in [-0.25, -0.2) is 9.59 Å². The highest BCUT2D eigenvalue weighted by atomic mass is 35.5. The number of nitrogens with one attached hydrogen (secondary N) is 2. The largest absolute Gasteiger partial charge is 0.481 e. The lowest BCUT2D eigenvalue weighted by atomic mass is 10.2. The van der Waals surface area contributed by atoms with E-state index in [-0.39, 0.29) is 76.7 Å². The first-order valence-electron chi connectivity index (χ1n) is 12.4. The summed E-state index contributed by atoms with van der Waals surface area (Å²) in [5, 5.41) is 20.9. The molecule has 0 aromatic rings. The fraction of sp³-hybridized carbons (Fsp3) is 0.792. The van der Waals surface area contributed by atoms with Crippen LogP contribution >= 0.6 is 24.8 Å². The zero-order chi connectivity index (χ0) is 31.5. The van der Waals surface area contributed by atoms with Gasteiger partial charge in [-0.2, -0.15) is 0 Å². The van der Waals surface area contributed by atoms with E-state index < -0.39 is 35.3 Å². The number of halogens is 2. The zero-order valence-electron chi connectivity index (χ0n) is 25.4. The van der Waals surface area contributed by atoms with Crippen molar-refractivity contribution in [3.8, 4) is 0 Å². The van der Waals surface area contributed by atoms with Crippen molar-refractivity contribution < 1.29 is 53.1 Å². The van der Waals surface area contributed by atoms with Gasteiger partial charge in [0.15, 0.2) is 0 Å². The molecule has 0 aliphatic rings. The molecule has 8 N–H and O–H groups in total. The van der Waals surface area contributed by atoms with Crippen molar-refractivity contribution in [1.82, 2.24) is 10.6 Å². The summed E-state index contributed by atoms with van der Waals surface area (Å²) in [5.74, 6) is -1.43. The molecular formula is C24H52Cl2N4O11. The molecule has 0 bridgehead atoms. The van der Waals surface area contributed by atoms with Crippen molar-refractivity contribution in [2.75, 3.05) is 46.0 Å². The van der Waals surface area contributed by atoms with Crippen LogP contribution in [0.1, 0.15) is 68.2 Å². The Kier molecular flexibility index (Phi) is 39.9. The Labute approximate surface area is 255 Å². The molecule has 0 rings (SSSR count). The predicted octanol–water partition coefficient (Wildman–Crippen LogP) is 1.74. The Morgan fingerprint density at radius 1 is 0.707 bits per heavy atom. The number of alkyl carbamates (subject to hydrolysis) is 2. The Balaban J connectivity index is -0.000000105. The fourth-order valence-electron chi connectivity index (χ4n) is 1.44. The lowest BCUT2D eigenvalue weighted by Gasteiger charge is -2.19. The summed E-state index contributed by atoms with van der Waals surface area (Å²) in [6, 6.07) is 0. The second-order valence-electron chi connectivity index (χ2n) is 9.12. The molecule has 17 heteroatoms. The van der Waals surface area contributed by atoms with E-state index in [2.05, 4.69) is 15.4 Å². The van der Waals surface area contributed by atoms with Gasteiger partial charge in [0, 0.05) is 25.9 Å². The molecule has 0 aromatic heterocycles. The van der Waals surface area contributed by atoms with Gasteiger partial charge in [-0.3, -0.25) is 14.4 Å². The number of aliphatic hydroxyl groups is 1. The third kappa shape index (κ3) is 58.1. The first-order valence-corrected chi connectivity index (χ1v) is 12.4. The van der Waals surface area contributed by atoms with Crippen LogP contribution < -0.4 is 22.1 Å². The van der Waals surface area contributed by atoms with E-state index in [4.69, 9.17) is 35.9 Å². The second-order valence-corrected chi connectivity index (χ2v) is 9.12. The number of carboxylic acid groups (broad SMARTS) is 1. The van der Waals surface area contributed by atoms with Crippen LogP contribution in [0.25, 0.3) is 0 Å². The maximum Gasteiger partial charge on any atom is 0.407 e. The van der Waals surface area contributed by atoms with Gasteiger partial charge < -0.3 is 51.3 Å². The Morgan fingerprint density at radius 2 is 1.10 bits per heavy atom. The molecule has 0 saturated carbocycles. The molecule has 0 aromatic carbocycles. The fourth-order valence-corrected chi connectivity index (χ4v) is 1.44. The SMILES string of the molecule is CC(C)(C)OC(=O)NCCO.CCC(=O)O.CCC(=O)OCCNC(=O)OC(C)(C)C.Cl.Cl.NCCOC(=O)CN. The smallest absolute Gasteiger partial charge is 0.407 e. The summed E-state index contributed by atoms with van der Waals surface area (Å²) in [5.41, 5.74) is 8.93. The van der Waals surface area contributed by atoms with Gasteiger partial charge in [-0.1, -0.05) is 13.8 Å². The molecule has 0 heterocycles. The summed E-state index contributed by atoms with van der Waals surface area (Å²) in [6.45, 7) is 15.1. The van der Waals surface area contributed by atoms with Crippen molar-refractivity contribution in [3.63, 3.8) is 0 Å². The predicted molar refractivity (Wildman–Crippen MR) is 158 cm³/mol. The van der Waals surface area contributed by atoms with Crippen molar-refractivity contribution in [1.29, 1.82) is 0 Å². The Hall–Kier alpha value is -2.59. The molecule has 0 saturated heterocycles. The molecule has 0 fully saturated rings. The van der Waals surface area contributed by atoms with E-state index in [1.807, 2.05) is 0 Å². The number of hydrogen-bond acceptors (Lipinski definition) is 12. The van der Waals surface area contributed by atoms with E-state index in [9.17, 15) is 24.0 Å². The molecule has 0 aliphatic heterocycles. The minimum atomic E-state index is -0.745. The Morgan fingerprint density at radius 3 is 1.39 bits per heavy atom. The van der Waals surface area contributed by atoms with Crippen LogP contribution in [-0.4, -0.2) is 97.5 Å². The van der Waals surface area contributed by atoms with Crippen LogP contribution in [0.5, 0.6) is 0 Å². The number of aliphatic hydroxyl groups excluding tert-OH is 1. The summed E-state index contributed by atoms with van der Waals surface area (Å²) in [6.07, 6.45) is -0.437. The molecule has 0 spiro atoms. The number of carbonyl (C=O) groups is 5. The molecule has 0 radical (unpaired) electrons. The molecule has 0 aliphatic carbocycles. The minimum Gasteiger partial charge on any atom is -0.481 e. The number of ether oxygens (including phenoxy) is 4. The topological polar surface area (TPSA) is 239 Å². The lowest BCUT2D eigenvalue weighted by molar-refractivity contribution is -0.143. The van der Waals surface area contributed by atoms with Gasteiger partial charge >= 0.3 is 30.1 Å². The first kappa shape index (κ1) is 51.2. The van der Waals surface area contributed by atoms with Gasteiger partial charge in [0.05, 0.1) is 19.7 Å². The van der Waals surface area contributed by atoms with Crippen molar-refractivity contribution >= 4 is 54.9 Å². The molecular weight excluding hydrogens is 591 g/mol. The standard InChI is InChI=1S/C10H19NO4.C7H15NO3.C4H10N2O2.C3H6O2.2ClH/c1-5-8(12)14-7-6-11-9(13)15-10(2,3)4;1-7(2,3)11-6(10)8-4-5-9;5-1-2-8-4(7)3-6;1-2-3(4)5;;/h5-7H2,1-4H3,(H,11,13);9H,4-5H2,1-3H3,(H,8,10);1-3,5-6H2;2H2,1H3,(H,4,5);2*1H. The summed E-state index contributed by atoms with van der Waals surface area (Å²) in [7, 11) is 0. The number of carboxylic acids is 1. The van der Waals surface area contributed by atoms with Crippen molar-refractivity contribution in [2.24, 2.45) is 11.5 Å². The van der Waals surface area contributed by atoms with Gasteiger partial charge in [0.1, 0.15) is 24.4 Å². The van der Waals surface area contributed by atoms with Crippen LogP contribution in [0, 0.1) is 0 Å². The quantitative estimate of drug-likeness (QED) is 0.113. The zero-order valence-corrected chi connectivity index (χ0v) is 27.0. The molecule has 2 amide bonds. The normalized spacial score (nSPS) is 9.44. The van der Waals surface area contributed by atoms with Gasteiger partial charge in [0.25, 0.3) is 0 Å². The number of amides is 2. The Bertz CT molecular complexity index is 687. The van der Waals surface area contributed by atoms with Gasteiger partial charge in [0.2, 0.25) is 0 Å². The van der Waals surface area contributed by atoms with E-state index in [1.165, 1.54) is 0 Å². The van der Waals surface area contributed by atoms with E-state index in [0.29, 0.717) is 13.0 Å². The number of hydrogen-bond donors (Lipinski definition) is 6. The molecule has 0 unspecified atom stereocenters. The second kappa shape index (κ2) is 31.9. The van der Waals surface area contributed by atoms with Crippen molar-refractivity contribution in [3.05, 3.63) is 0 Å². The number of esters is 2. The number of nitrogens with two attached hydrogens (primary N) is 2. The van der Waals surface area contributed by atoms with Crippen LogP contribution in [0.3, 0.4) is 0 Å². The third-order valence-electron chi connectivity index (χ3n) is 2.95. The lowest BCUT2D eigenvalue weighted by Crippen LogP contribution is -2.34. The summed E-state index contributed by atoms with van der Waals surface area (Å²) < 4.78 is 19.1. The van der Waals surface area contributed by atoms with Gasteiger partial charge in [-0.05, 0) is 41.5 Å². The summed E-state index contributed by atoms with van der Waals surface area (Å²) in [4.78, 5) is 52.1. The van der Waals surface area contributed by atoms with Crippen LogP contribution in [0.4, 0.5) is 9.59 Å². The van der Waals surface area contributed by atoms with Crippen LogP contribution in [-0.2, 0) is 33.3 Å². The highest BCUT2D eigenvalue weighted by Gasteiger charge is 2.16. The van der Waals surface area contributed by atoms with Crippen molar-refractivity contribution in [2.45, 2.75) is 79.4 Å². The molecule has 41 heavy (non-hydrogen) atoms. The minimum absolute atomic E-state index is 0. The maximum absolute atomic E-state index is 11.1. The number of aliphatic carboxylic acids is 1. The number of rotatable bonds is 10. The number of carbonyl (C=O) groups excluding carboxylic acids is 4. The van der Waals surface area contributed by atoms with E-state index >= 15 is 0 Å². The third-order valence-corrected chi connectivity index (χ3v) is 2.95. The monoisotopic (exact) mass is 642 g/mol. The average molecular weight is 644 g/mol. The highest BCUT2D eigenvalue weighted by Crippen LogP contribution is 2.06. The molecule has 248 valence electrons. The summed E-state index contributed by atoms with van der Waals surface area (Å²) >= 11 is 0. The first-order chi connectivity index (χ1) is 17.9. The van der Waals surface area contributed by atoms with Gasteiger partial charge in [-0.15, -0.1) is 24.8 Å².